The van der Waals surface area contributed by atoms with Crippen LogP contribution in [0.4, 0.5) is 26.3 Å². The molecule has 0 aliphatic rings. The Bertz CT molecular complexity index is 1880. The lowest BCUT2D eigenvalue weighted by molar-refractivity contribution is -0.145. The topological polar surface area (TPSA) is 48.4 Å². The summed E-state index contributed by atoms with van der Waals surface area (Å²) in [7, 11) is 0. The molecule has 1 aromatic heterocycles. The second kappa shape index (κ2) is 15.1. The molecule has 0 fully saturated rings. The number of esters is 1. The van der Waals surface area contributed by atoms with Crippen LogP contribution in [0.25, 0.3) is 21.7 Å². The van der Waals surface area contributed by atoms with Gasteiger partial charge in [0.2, 0.25) is 0 Å². The standard InChI is InChI=1S/C37H31F6NO3S2/c1-4-46-33(45)21-47-31-18-17-30(19-22(31)2)48-32(34-23(3)44-35(49-34)27-11-15-29(16-12-27)37(41,42)43)20-24-5-7-25(8-6-24)26-9-13-28(14-10-26)36(38,39)40/h5-19,32H,4,20-21H2,1-3H3. The fourth-order valence-corrected chi connectivity index (χ4v) is 7.69. The van der Waals surface area contributed by atoms with Gasteiger partial charge in [0.05, 0.1) is 23.4 Å². The van der Waals surface area contributed by atoms with Crippen LogP contribution in [0.1, 0.15) is 45.0 Å². The molecule has 0 radical (unpaired) electrons. The Morgan fingerprint density at radius 1 is 0.796 bits per heavy atom. The van der Waals surface area contributed by atoms with Gasteiger partial charge in [0.15, 0.2) is 6.61 Å². The Hall–Kier alpha value is -4.29. The van der Waals surface area contributed by atoms with E-state index in [-0.39, 0.29) is 18.5 Å². The molecule has 4 nitrogen and oxygen atoms in total. The third-order valence-corrected chi connectivity index (χ3v) is 10.3. The Morgan fingerprint density at radius 2 is 1.35 bits per heavy atom. The number of thiazole rings is 1. The Kier molecular flexibility index (Phi) is 11.1. The van der Waals surface area contributed by atoms with Crippen LogP contribution in [0.3, 0.4) is 0 Å². The molecule has 49 heavy (non-hydrogen) atoms. The predicted molar refractivity (Wildman–Crippen MR) is 180 cm³/mol. The van der Waals surface area contributed by atoms with Gasteiger partial charge in [-0.1, -0.05) is 48.5 Å². The van der Waals surface area contributed by atoms with E-state index in [4.69, 9.17) is 14.5 Å². The van der Waals surface area contributed by atoms with Gasteiger partial charge in [-0.3, -0.25) is 0 Å². The van der Waals surface area contributed by atoms with Gasteiger partial charge in [0.1, 0.15) is 10.8 Å². The molecule has 1 unspecified atom stereocenters. The lowest BCUT2D eigenvalue weighted by atomic mass is 10.0. The lowest BCUT2D eigenvalue weighted by Gasteiger charge is -2.18. The van der Waals surface area contributed by atoms with Crippen molar-refractivity contribution in [2.45, 2.75) is 49.7 Å². The minimum absolute atomic E-state index is 0.150. The third kappa shape index (κ3) is 9.24. The van der Waals surface area contributed by atoms with E-state index in [0.717, 1.165) is 56.4 Å². The van der Waals surface area contributed by atoms with Crippen molar-refractivity contribution in [2.75, 3.05) is 13.2 Å². The quantitative estimate of drug-likeness (QED) is 0.0774. The molecule has 12 heteroatoms. The van der Waals surface area contributed by atoms with Crippen molar-refractivity contribution in [2.24, 2.45) is 0 Å². The van der Waals surface area contributed by atoms with Crippen LogP contribution in [-0.4, -0.2) is 24.2 Å². The molecular formula is C37H31F6NO3S2. The number of rotatable bonds is 11. The largest absolute Gasteiger partial charge is 0.482 e. The SMILES string of the molecule is CCOC(=O)COc1ccc(SC(Cc2ccc(-c3ccc(C(F)(F)F)cc3)cc2)c2sc(-c3ccc(C(F)(F)F)cc3)nc2C)cc1C. The minimum atomic E-state index is -4.44. The average Bonchev–Trinajstić information content (AvgIpc) is 3.45. The molecule has 0 saturated carbocycles. The molecule has 0 N–H and O–H groups in total. The Balaban J connectivity index is 1.42. The van der Waals surface area contributed by atoms with Crippen molar-refractivity contribution >= 4 is 29.1 Å². The number of hydrogen-bond donors (Lipinski definition) is 0. The number of nitrogens with zero attached hydrogens (tertiary/aromatic N) is 1. The molecule has 0 amide bonds. The van der Waals surface area contributed by atoms with Gasteiger partial charge in [0, 0.05) is 20.6 Å². The Labute approximate surface area is 288 Å². The molecule has 0 bridgehead atoms. The van der Waals surface area contributed by atoms with Crippen LogP contribution in [0, 0.1) is 13.8 Å². The molecule has 0 spiro atoms. The molecule has 4 aromatic carbocycles. The summed E-state index contributed by atoms with van der Waals surface area (Å²) in [6, 6.07) is 23.2. The smallest absolute Gasteiger partial charge is 0.416 e. The molecular weight excluding hydrogens is 685 g/mol. The highest BCUT2D eigenvalue weighted by Crippen LogP contribution is 2.45. The molecule has 256 valence electrons. The zero-order chi connectivity index (χ0) is 35.3. The van der Waals surface area contributed by atoms with Crippen molar-refractivity contribution < 1.29 is 40.6 Å². The van der Waals surface area contributed by atoms with Crippen molar-refractivity contribution in [3.05, 3.63) is 124 Å². The maximum absolute atomic E-state index is 13.2. The van der Waals surface area contributed by atoms with Crippen molar-refractivity contribution in [1.29, 1.82) is 0 Å². The van der Waals surface area contributed by atoms with Gasteiger partial charge < -0.3 is 9.47 Å². The van der Waals surface area contributed by atoms with Gasteiger partial charge in [-0.15, -0.1) is 23.1 Å². The van der Waals surface area contributed by atoms with E-state index in [2.05, 4.69) is 0 Å². The highest BCUT2D eigenvalue weighted by atomic mass is 32.2. The zero-order valence-corrected chi connectivity index (χ0v) is 28.2. The van der Waals surface area contributed by atoms with Crippen LogP contribution >= 0.6 is 23.1 Å². The van der Waals surface area contributed by atoms with Crippen LogP contribution in [-0.2, 0) is 28.3 Å². The van der Waals surface area contributed by atoms with Gasteiger partial charge in [-0.2, -0.15) is 26.3 Å². The molecule has 5 aromatic rings. The summed E-state index contributed by atoms with van der Waals surface area (Å²) in [4.78, 5) is 18.4. The number of benzene rings is 4. The molecule has 1 atom stereocenters. The number of aryl methyl sites for hydroxylation is 2. The van der Waals surface area contributed by atoms with Crippen molar-refractivity contribution in [3.63, 3.8) is 0 Å². The molecule has 0 aliphatic carbocycles. The van der Waals surface area contributed by atoms with Crippen molar-refractivity contribution in [1.82, 2.24) is 4.98 Å². The number of ether oxygens (including phenoxy) is 2. The fourth-order valence-electron chi connectivity index (χ4n) is 5.08. The number of aromatic nitrogens is 1. The van der Waals surface area contributed by atoms with Crippen LogP contribution in [0.15, 0.2) is 95.9 Å². The van der Waals surface area contributed by atoms with Gasteiger partial charge in [-0.25, -0.2) is 9.78 Å². The third-order valence-electron chi connectivity index (χ3n) is 7.58. The number of alkyl halides is 6. The molecule has 1 heterocycles. The summed E-state index contributed by atoms with van der Waals surface area (Å²) < 4.78 is 89.2. The highest BCUT2D eigenvalue weighted by molar-refractivity contribution is 7.99. The average molecular weight is 716 g/mol. The lowest BCUT2D eigenvalue weighted by Crippen LogP contribution is -2.14. The van der Waals surface area contributed by atoms with E-state index >= 15 is 0 Å². The van der Waals surface area contributed by atoms with Crippen LogP contribution in [0.5, 0.6) is 5.75 Å². The minimum Gasteiger partial charge on any atom is -0.482 e. The predicted octanol–water partition coefficient (Wildman–Crippen LogP) is 11.1. The first-order valence-electron chi connectivity index (χ1n) is 15.2. The van der Waals surface area contributed by atoms with Gasteiger partial charge in [0.25, 0.3) is 0 Å². The first-order chi connectivity index (χ1) is 23.2. The molecule has 0 aliphatic heterocycles. The number of carbonyl (C=O) groups excluding carboxylic acids is 1. The number of thioether (sulfide) groups is 1. The summed E-state index contributed by atoms with van der Waals surface area (Å²) in [6.07, 6.45) is -8.29. The summed E-state index contributed by atoms with van der Waals surface area (Å²) in [6.45, 7) is 5.52. The van der Waals surface area contributed by atoms with Crippen molar-refractivity contribution in [3.8, 4) is 27.4 Å². The van der Waals surface area contributed by atoms with Gasteiger partial charge >= 0.3 is 18.3 Å². The van der Waals surface area contributed by atoms with E-state index in [1.54, 1.807) is 24.8 Å². The summed E-state index contributed by atoms with van der Waals surface area (Å²) in [5.74, 6) is 0.0839. The van der Waals surface area contributed by atoms with E-state index in [1.807, 2.05) is 50.2 Å². The molecule has 0 saturated heterocycles. The number of carbonyl (C=O) groups is 1. The number of hydrogen-bond acceptors (Lipinski definition) is 6. The van der Waals surface area contributed by atoms with Gasteiger partial charge in [-0.05, 0) is 91.9 Å². The normalized spacial score (nSPS) is 12.5. The first-order valence-corrected chi connectivity index (χ1v) is 16.9. The summed E-state index contributed by atoms with van der Waals surface area (Å²) >= 11 is 3.01. The van der Waals surface area contributed by atoms with E-state index in [0.29, 0.717) is 28.3 Å². The maximum Gasteiger partial charge on any atom is 0.416 e. The zero-order valence-electron chi connectivity index (χ0n) is 26.6. The second-order valence-corrected chi connectivity index (χ2v) is 13.5. The van der Waals surface area contributed by atoms with E-state index in [9.17, 15) is 31.1 Å². The summed E-state index contributed by atoms with van der Waals surface area (Å²) in [5.41, 5.74) is 3.12. The fraction of sp³-hybridized carbons (Fsp3) is 0.243. The first kappa shape index (κ1) is 36.0. The monoisotopic (exact) mass is 715 g/mol. The van der Waals surface area contributed by atoms with E-state index in [1.165, 1.54) is 35.6 Å². The number of halogens is 6. The second-order valence-electron chi connectivity index (χ2n) is 11.1. The van der Waals surface area contributed by atoms with Crippen LogP contribution < -0.4 is 4.74 Å². The van der Waals surface area contributed by atoms with Crippen LogP contribution in [0.2, 0.25) is 0 Å². The summed E-state index contributed by atoms with van der Waals surface area (Å²) in [5, 5.41) is 0.451. The Morgan fingerprint density at radius 3 is 1.88 bits per heavy atom. The maximum atomic E-state index is 13.2. The van der Waals surface area contributed by atoms with E-state index < -0.39 is 29.4 Å². The highest BCUT2D eigenvalue weighted by Gasteiger charge is 2.31. The molecule has 5 rings (SSSR count).